The molecule has 0 spiro atoms. The van der Waals surface area contributed by atoms with Crippen LogP contribution in [-0.2, 0) is 0 Å². The first-order valence-electron chi connectivity index (χ1n) is 7.12. The van der Waals surface area contributed by atoms with Gasteiger partial charge in [0.1, 0.15) is 11.5 Å². The Morgan fingerprint density at radius 3 is 2.27 bits per heavy atom. The van der Waals surface area contributed by atoms with Gasteiger partial charge in [0.2, 0.25) is 0 Å². The van der Waals surface area contributed by atoms with Crippen LogP contribution in [0.25, 0.3) is 0 Å². The summed E-state index contributed by atoms with van der Waals surface area (Å²) in [6, 6.07) is 5.89. The third kappa shape index (κ3) is 4.10. The van der Waals surface area contributed by atoms with Gasteiger partial charge in [-0.05, 0) is 36.6 Å². The highest BCUT2D eigenvalue weighted by atomic mass is 19.1. The fourth-order valence-corrected chi connectivity index (χ4v) is 2.02. The molecule has 1 aromatic heterocycles. The molecular weight excluding hydrogens is 281 g/mol. The maximum atomic E-state index is 13.1. The quantitative estimate of drug-likeness (QED) is 0.870. The van der Waals surface area contributed by atoms with E-state index in [2.05, 4.69) is 9.97 Å². The molecule has 0 saturated heterocycles. The molecule has 1 heterocycles. The van der Waals surface area contributed by atoms with Crippen LogP contribution in [0.4, 0.5) is 10.1 Å². The number of carbonyl (C=O) groups is 1. The number of carbonyl (C=O) groups excluding carboxylic acids is 1. The molecule has 0 atom stereocenters. The molecule has 5 heteroatoms. The molecule has 2 aromatic rings. The number of benzene rings is 1. The Labute approximate surface area is 130 Å². The Kier molecular flexibility index (Phi) is 4.54. The van der Waals surface area contributed by atoms with E-state index >= 15 is 0 Å². The van der Waals surface area contributed by atoms with Crippen LogP contribution in [0.5, 0.6) is 0 Å². The number of anilines is 1. The largest absolute Gasteiger partial charge is 0.306 e. The molecular formula is C17H20FN3O. The van der Waals surface area contributed by atoms with Crippen LogP contribution in [0.1, 0.15) is 37.0 Å². The summed E-state index contributed by atoms with van der Waals surface area (Å²) in [5.74, 6) is -0.573. The Morgan fingerprint density at radius 1 is 1.14 bits per heavy atom. The maximum Gasteiger partial charge on any atom is 0.278 e. The Balaban J connectivity index is 2.37. The zero-order chi connectivity index (χ0) is 16.3. The zero-order valence-electron chi connectivity index (χ0n) is 13.3. The highest BCUT2D eigenvalue weighted by molar-refractivity contribution is 6.04. The third-order valence-electron chi connectivity index (χ3n) is 3.02. The summed E-state index contributed by atoms with van der Waals surface area (Å²) in [5, 5.41) is 0. The van der Waals surface area contributed by atoms with Gasteiger partial charge >= 0.3 is 0 Å². The number of rotatable bonds is 3. The van der Waals surface area contributed by atoms with E-state index in [1.54, 1.807) is 23.2 Å². The minimum absolute atomic E-state index is 0.109. The van der Waals surface area contributed by atoms with Crippen molar-refractivity contribution in [3.05, 3.63) is 53.9 Å². The van der Waals surface area contributed by atoms with Crippen LogP contribution in [0.3, 0.4) is 0 Å². The van der Waals surface area contributed by atoms with E-state index in [4.69, 9.17) is 0 Å². The van der Waals surface area contributed by atoms with Crippen LogP contribution < -0.4 is 4.90 Å². The van der Waals surface area contributed by atoms with Gasteiger partial charge in [0.05, 0.1) is 11.9 Å². The molecule has 0 fully saturated rings. The second kappa shape index (κ2) is 6.22. The molecule has 0 aliphatic carbocycles. The van der Waals surface area contributed by atoms with Gasteiger partial charge in [-0.1, -0.05) is 20.8 Å². The molecule has 116 valence electrons. The van der Waals surface area contributed by atoms with E-state index in [0.717, 1.165) is 5.69 Å². The highest BCUT2D eigenvalue weighted by Crippen LogP contribution is 2.23. The average molecular weight is 301 g/mol. The van der Waals surface area contributed by atoms with E-state index in [1.807, 2.05) is 27.7 Å². The Morgan fingerprint density at radius 2 is 1.77 bits per heavy atom. The smallest absolute Gasteiger partial charge is 0.278 e. The standard InChI is InChI=1S/C17H20FN3O/c1-12-9-20-15(10-19-12)16(22)21(11-17(2,3)4)14-7-5-13(18)6-8-14/h5-10H,11H2,1-4H3. The van der Waals surface area contributed by atoms with Crippen LogP contribution >= 0.6 is 0 Å². The van der Waals surface area contributed by atoms with E-state index in [1.165, 1.54) is 18.3 Å². The van der Waals surface area contributed by atoms with Gasteiger partial charge in [-0.15, -0.1) is 0 Å². The van der Waals surface area contributed by atoms with E-state index in [0.29, 0.717) is 12.2 Å². The number of amides is 1. The zero-order valence-corrected chi connectivity index (χ0v) is 13.3. The first kappa shape index (κ1) is 16.1. The fourth-order valence-electron chi connectivity index (χ4n) is 2.02. The van der Waals surface area contributed by atoms with Gasteiger partial charge in [-0.3, -0.25) is 9.78 Å². The van der Waals surface area contributed by atoms with Crippen molar-refractivity contribution in [3.63, 3.8) is 0 Å². The maximum absolute atomic E-state index is 13.1. The number of halogens is 1. The summed E-state index contributed by atoms with van der Waals surface area (Å²) in [6.45, 7) is 8.42. The van der Waals surface area contributed by atoms with Crippen molar-refractivity contribution in [1.29, 1.82) is 0 Å². The van der Waals surface area contributed by atoms with Crippen molar-refractivity contribution < 1.29 is 9.18 Å². The van der Waals surface area contributed by atoms with Crippen LogP contribution in [0.15, 0.2) is 36.7 Å². The highest BCUT2D eigenvalue weighted by Gasteiger charge is 2.24. The molecule has 1 amide bonds. The normalized spacial score (nSPS) is 11.3. The molecule has 2 rings (SSSR count). The molecule has 0 N–H and O–H groups in total. The fraction of sp³-hybridized carbons (Fsp3) is 0.353. The second-order valence-corrected chi connectivity index (χ2v) is 6.47. The number of hydrogen-bond acceptors (Lipinski definition) is 3. The summed E-state index contributed by atoms with van der Waals surface area (Å²) in [4.78, 5) is 22.6. The van der Waals surface area contributed by atoms with E-state index in [-0.39, 0.29) is 22.8 Å². The minimum Gasteiger partial charge on any atom is -0.306 e. The summed E-state index contributed by atoms with van der Waals surface area (Å²) in [5.41, 5.74) is 1.56. The molecule has 0 bridgehead atoms. The van der Waals surface area contributed by atoms with Gasteiger partial charge < -0.3 is 4.90 Å². The topological polar surface area (TPSA) is 46.1 Å². The van der Waals surface area contributed by atoms with Crippen LogP contribution in [0, 0.1) is 18.2 Å². The second-order valence-electron chi connectivity index (χ2n) is 6.47. The van der Waals surface area contributed by atoms with Crippen molar-refractivity contribution >= 4 is 11.6 Å². The summed E-state index contributed by atoms with van der Waals surface area (Å²) >= 11 is 0. The number of aromatic nitrogens is 2. The predicted molar refractivity (Wildman–Crippen MR) is 84.3 cm³/mol. The Hall–Kier alpha value is -2.30. The van der Waals surface area contributed by atoms with Crippen molar-refractivity contribution in [2.24, 2.45) is 5.41 Å². The van der Waals surface area contributed by atoms with Gasteiger partial charge in [0.25, 0.3) is 5.91 Å². The number of aryl methyl sites for hydroxylation is 1. The SMILES string of the molecule is Cc1cnc(C(=O)N(CC(C)(C)C)c2ccc(F)cc2)cn1. The predicted octanol–water partition coefficient (Wildman–Crippen LogP) is 3.62. The average Bonchev–Trinajstić information content (AvgIpc) is 2.45. The Bertz CT molecular complexity index is 645. The molecule has 0 radical (unpaired) electrons. The number of nitrogens with zero attached hydrogens (tertiary/aromatic N) is 3. The lowest BCUT2D eigenvalue weighted by Crippen LogP contribution is -2.38. The molecule has 0 unspecified atom stereocenters. The lowest BCUT2D eigenvalue weighted by molar-refractivity contribution is 0.0972. The van der Waals surface area contributed by atoms with Crippen molar-refractivity contribution in [2.45, 2.75) is 27.7 Å². The summed E-state index contributed by atoms with van der Waals surface area (Å²) in [7, 11) is 0. The molecule has 22 heavy (non-hydrogen) atoms. The first-order chi connectivity index (χ1) is 10.3. The first-order valence-corrected chi connectivity index (χ1v) is 7.12. The van der Waals surface area contributed by atoms with E-state index < -0.39 is 0 Å². The summed E-state index contributed by atoms with van der Waals surface area (Å²) < 4.78 is 13.1. The molecule has 0 aliphatic rings. The monoisotopic (exact) mass is 301 g/mol. The van der Waals surface area contributed by atoms with Gasteiger partial charge in [-0.2, -0.15) is 0 Å². The molecule has 4 nitrogen and oxygen atoms in total. The number of hydrogen-bond donors (Lipinski definition) is 0. The van der Waals surface area contributed by atoms with Gasteiger partial charge in [-0.25, -0.2) is 9.37 Å². The molecule has 0 aliphatic heterocycles. The van der Waals surface area contributed by atoms with Crippen molar-refractivity contribution in [3.8, 4) is 0 Å². The minimum atomic E-state index is -0.331. The lowest BCUT2D eigenvalue weighted by Gasteiger charge is -2.30. The van der Waals surface area contributed by atoms with Gasteiger partial charge in [0, 0.05) is 18.4 Å². The summed E-state index contributed by atoms with van der Waals surface area (Å²) in [6.07, 6.45) is 3.03. The molecule has 0 saturated carbocycles. The lowest BCUT2D eigenvalue weighted by atomic mass is 9.95. The van der Waals surface area contributed by atoms with Crippen molar-refractivity contribution in [1.82, 2.24) is 9.97 Å². The van der Waals surface area contributed by atoms with E-state index in [9.17, 15) is 9.18 Å². The van der Waals surface area contributed by atoms with Crippen molar-refractivity contribution in [2.75, 3.05) is 11.4 Å². The molecule has 1 aromatic carbocycles. The van der Waals surface area contributed by atoms with Gasteiger partial charge in [0.15, 0.2) is 0 Å². The third-order valence-corrected chi connectivity index (χ3v) is 3.02. The van der Waals surface area contributed by atoms with Crippen LogP contribution in [-0.4, -0.2) is 22.4 Å². The van der Waals surface area contributed by atoms with Crippen LogP contribution in [0.2, 0.25) is 0 Å².